The smallest absolute Gasteiger partial charge is 0.265 e. The Bertz CT molecular complexity index is 749. The first-order chi connectivity index (χ1) is 11.7. The molecule has 1 fully saturated rings. The molecule has 1 aliphatic carbocycles. The van der Waals surface area contributed by atoms with E-state index in [0.29, 0.717) is 18.3 Å². The molecule has 0 spiro atoms. The van der Waals surface area contributed by atoms with Gasteiger partial charge in [0.05, 0.1) is 0 Å². The van der Waals surface area contributed by atoms with Gasteiger partial charge in [-0.3, -0.25) is 14.5 Å². The van der Waals surface area contributed by atoms with Crippen LogP contribution in [-0.2, 0) is 7.05 Å². The van der Waals surface area contributed by atoms with Gasteiger partial charge < -0.3 is 4.57 Å². The fraction of sp³-hybridized carbons (Fsp3) is 0.421. The summed E-state index contributed by atoms with van der Waals surface area (Å²) in [4.78, 5) is 31.4. The molecule has 3 rings (SSSR count). The quantitative estimate of drug-likeness (QED) is 0.868. The number of aryl methyl sites for hydroxylation is 1. The molecule has 0 bridgehead atoms. The summed E-state index contributed by atoms with van der Waals surface area (Å²) in [6, 6.07) is 8.85. The van der Waals surface area contributed by atoms with E-state index in [-0.39, 0.29) is 17.0 Å². The Balaban J connectivity index is 1.93. The summed E-state index contributed by atoms with van der Waals surface area (Å²) in [6.07, 6.45) is 9.29. The summed E-state index contributed by atoms with van der Waals surface area (Å²) in [5.41, 5.74) is -0.0754. The maximum atomic E-state index is 13.1. The summed E-state index contributed by atoms with van der Waals surface area (Å²) in [5, 5.41) is 0. The number of hydrogen-bond acceptors (Lipinski definition) is 3. The molecule has 0 unspecified atom stereocenters. The molecule has 0 aliphatic heterocycles. The third-order valence-electron chi connectivity index (χ3n) is 4.69. The number of carbonyl (C=O) groups is 1. The van der Waals surface area contributed by atoms with E-state index < -0.39 is 0 Å². The third kappa shape index (κ3) is 3.55. The highest BCUT2D eigenvalue weighted by molar-refractivity contribution is 6.05. The van der Waals surface area contributed by atoms with Crippen LogP contribution in [0.1, 0.15) is 42.5 Å². The second-order valence-corrected chi connectivity index (χ2v) is 6.45. The van der Waals surface area contributed by atoms with Crippen molar-refractivity contribution in [1.82, 2.24) is 9.55 Å². The summed E-state index contributed by atoms with van der Waals surface area (Å²) in [7, 11) is 1.66. The highest BCUT2D eigenvalue weighted by atomic mass is 16.2. The fourth-order valence-corrected chi connectivity index (χ4v) is 3.33. The Kier molecular flexibility index (Phi) is 5.08. The molecule has 126 valence electrons. The molecular weight excluding hydrogens is 302 g/mol. The van der Waals surface area contributed by atoms with E-state index in [9.17, 15) is 9.59 Å². The van der Waals surface area contributed by atoms with Crippen LogP contribution in [-0.4, -0.2) is 22.0 Å². The van der Waals surface area contributed by atoms with Gasteiger partial charge in [0.25, 0.3) is 11.5 Å². The molecule has 2 aromatic heterocycles. The molecule has 1 saturated carbocycles. The first-order valence-corrected chi connectivity index (χ1v) is 8.55. The van der Waals surface area contributed by atoms with Crippen LogP contribution < -0.4 is 10.5 Å². The van der Waals surface area contributed by atoms with Gasteiger partial charge in [-0.1, -0.05) is 25.3 Å². The molecule has 5 heteroatoms. The first-order valence-electron chi connectivity index (χ1n) is 8.55. The van der Waals surface area contributed by atoms with E-state index in [2.05, 4.69) is 4.98 Å². The largest absolute Gasteiger partial charge is 0.318 e. The molecule has 2 aromatic rings. The Morgan fingerprint density at radius 3 is 2.71 bits per heavy atom. The van der Waals surface area contributed by atoms with Gasteiger partial charge in [-0.2, -0.15) is 0 Å². The minimum Gasteiger partial charge on any atom is -0.318 e. The summed E-state index contributed by atoms with van der Waals surface area (Å²) < 4.78 is 1.43. The van der Waals surface area contributed by atoms with Gasteiger partial charge in [-0.05, 0) is 43.0 Å². The van der Waals surface area contributed by atoms with Gasteiger partial charge in [-0.25, -0.2) is 4.98 Å². The van der Waals surface area contributed by atoms with Crippen molar-refractivity contribution in [3.8, 4) is 0 Å². The summed E-state index contributed by atoms with van der Waals surface area (Å²) in [5.74, 6) is 0.816. The number of nitrogens with zero attached hydrogens (tertiary/aromatic N) is 3. The summed E-state index contributed by atoms with van der Waals surface area (Å²) in [6.45, 7) is 0.619. The minimum atomic E-state index is -0.271. The van der Waals surface area contributed by atoms with Gasteiger partial charge in [0.15, 0.2) is 0 Å². The zero-order chi connectivity index (χ0) is 16.9. The number of anilines is 1. The number of aromatic nitrogens is 2. The molecule has 1 amide bonds. The molecule has 0 radical (unpaired) electrons. The Hall–Kier alpha value is -2.43. The first kappa shape index (κ1) is 16.4. The molecule has 0 N–H and O–H groups in total. The predicted octanol–water partition coefficient (Wildman–Crippen LogP) is 3.01. The van der Waals surface area contributed by atoms with Crippen LogP contribution in [0.5, 0.6) is 0 Å². The van der Waals surface area contributed by atoms with Crippen molar-refractivity contribution in [2.24, 2.45) is 13.0 Å². The Morgan fingerprint density at radius 1 is 1.21 bits per heavy atom. The maximum Gasteiger partial charge on any atom is 0.265 e. The van der Waals surface area contributed by atoms with E-state index in [1.54, 1.807) is 36.5 Å². The maximum absolute atomic E-state index is 13.1. The van der Waals surface area contributed by atoms with Gasteiger partial charge in [0.2, 0.25) is 0 Å². The monoisotopic (exact) mass is 325 g/mol. The second-order valence-electron chi connectivity index (χ2n) is 6.45. The van der Waals surface area contributed by atoms with Crippen LogP contribution in [0.15, 0.2) is 47.5 Å². The third-order valence-corrected chi connectivity index (χ3v) is 4.69. The lowest BCUT2D eigenvalue weighted by Crippen LogP contribution is -2.40. The SMILES string of the molecule is Cn1cccc(C(=O)N(CC2CCCCC2)c2ccccn2)c1=O. The lowest BCUT2D eigenvalue weighted by molar-refractivity contribution is 0.0977. The van der Waals surface area contributed by atoms with Gasteiger partial charge in [-0.15, -0.1) is 0 Å². The molecule has 24 heavy (non-hydrogen) atoms. The van der Waals surface area contributed by atoms with Crippen molar-refractivity contribution in [3.05, 3.63) is 58.6 Å². The summed E-state index contributed by atoms with van der Waals surface area (Å²) >= 11 is 0. The van der Waals surface area contributed by atoms with Crippen LogP contribution in [0.25, 0.3) is 0 Å². The van der Waals surface area contributed by atoms with Crippen molar-refractivity contribution in [2.45, 2.75) is 32.1 Å². The number of pyridine rings is 2. The molecule has 0 saturated heterocycles. The second kappa shape index (κ2) is 7.43. The Labute approximate surface area is 141 Å². The van der Waals surface area contributed by atoms with Crippen molar-refractivity contribution in [3.63, 3.8) is 0 Å². The lowest BCUT2D eigenvalue weighted by Gasteiger charge is -2.29. The van der Waals surface area contributed by atoms with Crippen molar-refractivity contribution in [2.75, 3.05) is 11.4 Å². The number of hydrogen-bond donors (Lipinski definition) is 0. The van der Waals surface area contributed by atoms with Crippen LogP contribution in [0, 0.1) is 5.92 Å². The predicted molar refractivity (Wildman–Crippen MR) is 94.2 cm³/mol. The van der Waals surface area contributed by atoms with E-state index in [1.165, 1.54) is 23.8 Å². The molecule has 0 aromatic carbocycles. The highest BCUT2D eigenvalue weighted by Crippen LogP contribution is 2.26. The number of rotatable bonds is 4. The van der Waals surface area contributed by atoms with E-state index in [0.717, 1.165) is 12.8 Å². The van der Waals surface area contributed by atoms with Gasteiger partial charge in [0, 0.05) is 26.0 Å². The zero-order valence-electron chi connectivity index (χ0n) is 14.0. The normalized spacial score (nSPS) is 15.2. The molecule has 0 atom stereocenters. The van der Waals surface area contributed by atoms with E-state index >= 15 is 0 Å². The van der Waals surface area contributed by atoms with Crippen LogP contribution >= 0.6 is 0 Å². The average molecular weight is 325 g/mol. The molecule has 2 heterocycles. The molecular formula is C19H23N3O2. The van der Waals surface area contributed by atoms with Gasteiger partial charge in [0.1, 0.15) is 11.4 Å². The molecule has 1 aliphatic rings. The number of carbonyl (C=O) groups excluding carboxylic acids is 1. The van der Waals surface area contributed by atoms with Crippen LogP contribution in [0.2, 0.25) is 0 Å². The Morgan fingerprint density at radius 2 is 2.00 bits per heavy atom. The van der Waals surface area contributed by atoms with Crippen LogP contribution in [0.3, 0.4) is 0 Å². The van der Waals surface area contributed by atoms with E-state index in [1.807, 2.05) is 18.2 Å². The number of amides is 1. The lowest BCUT2D eigenvalue weighted by atomic mass is 9.89. The zero-order valence-corrected chi connectivity index (χ0v) is 14.0. The average Bonchev–Trinajstić information content (AvgIpc) is 2.63. The fourth-order valence-electron chi connectivity index (χ4n) is 3.33. The van der Waals surface area contributed by atoms with Crippen molar-refractivity contribution >= 4 is 11.7 Å². The van der Waals surface area contributed by atoms with Gasteiger partial charge >= 0.3 is 0 Å². The van der Waals surface area contributed by atoms with Crippen LogP contribution in [0.4, 0.5) is 5.82 Å². The minimum absolute atomic E-state index is 0.196. The highest BCUT2D eigenvalue weighted by Gasteiger charge is 2.25. The topological polar surface area (TPSA) is 55.2 Å². The van der Waals surface area contributed by atoms with Crippen molar-refractivity contribution in [1.29, 1.82) is 0 Å². The van der Waals surface area contributed by atoms with E-state index in [4.69, 9.17) is 0 Å². The molecule has 5 nitrogen and oxygen atoms in total. The standard InChI is InChI=1S/C19H23N3O2/c1-21-13-7-10-16(18(21)23)19(24)22(17-11-5-6-12-20-17)14-15-8-3-2-4-9-15/h5-7,10-13,15H,2-4,8-9,14H2,1H3. The van der Waals surface area contributed by atoms with Crippen molar-refractivity contribution < 1.29 is 4.79 Å².